The molecule has 1 aliphatic heterocycles. The summed E-state index contributed by atoms with van der Waals surface area (Å²) in [5, 5.41) is 10.2. The van der Waals surface area contributed by atoms with Crippen molar-refractivity contribution in [2.45, 2.75) is 25.9 Å². The summed E-state index contributed by atoms with van der Waals surface area (Å²) < 4.78 is 0. The van der Waals surface area contributed by atoms with Crippen molar-refractivity contribution in [1.82, 2.24) is 4.98 Å². The summed E-state index contributed by atoms with van der Waals surface area (Å²) in [6.07, 6.45) is 5.43. The monoisotopic (exact) mass is 288 g/mol. The van der Waals surface area contributed by atoms with Gasteiger partial charge in [0.25, 0.3) is 0 Å². The molecule has 0 amide bonds. The Morgan fingerprint density at radius 3 is 2.60 bits per heavy atom. The number of nitrogens with zero attached hydrogens (tertiary/aromatic N) is 2. The number of thiazole rings is 1. The molecular weight excluding hydrogens is 268 g/mol. The summed E-state index contributed by atoms with van der Waals surface area (Å²) in [7, 11) is 0. The van der Waals surface area contributed by atoms with Gasteiger partial charge in [-0.3, -0.25) is 0 Å². The van der Waals surface area contributed by atoms with Crippen molar-refractivity contribution in [2.75, 3.05) is 18.0 Å². The molecule has 3 nitrogen and oxygen atoms in total. The highest BCUT2D eigenvalue weighted by molar-refractivity contribution is 7.15. The van der Waals surface area contributed by atoms with E-state index in [2.05, 4.69) is 40.2 Å². The molecule has 0 aliphatic carbocycles. The van der Waals surface area contributed by atoms with Crippen molar-refractivity contribution in [3.8, 4) is 0 Å². The van der Waals surface area contributed by atoms with Crippen molar-refractivity contribution in [2.24, 2.45) is 5.92 Å². The van der Waals surface area contributed by atoms with Gasteiger partial charge in [-0.15, -0.1) is 0 Å². The van der Waals surface area contributed by atoms with Gasteiger partial charge in [0.2, 0.25) is 0 Å². The lowest BCUT2D eigenvalue weighted by Gasteiger charge is -2.31. The fraction of sp³-hybridized carbons (Fsp3) is 0.438. The summed E-state index contributed by atoms with van der Waals surface area (Å²) in [6.45, 7) is 2.26. The molecule has 1 saturated heterocycles. The van der Waals surface area contributed by atoms with Crippen LogP contribution in [0.15, 0.2) is 36.5 Å². The van der Waals surface area contributed by atoms with E-state index < -0.39 is 0 Å². The fourth-order valence-electron chi connectivity index (χ4n) is 2.79. The Kier molecular flexibility index (Phi) is 4.33. The van der Waals surface area contributed by atoms with Crippen LogP contribution in [0.3, 0.4) is 0 Å². The first-order chi connectivity index (χ1) is 9.85. The molecule has 1 aromatic carbocycles. The average molecular weight is 288 g/mol. The van der Waals surface area contributed by atoms with Crippen LogP contribution < -0.4 is 4.90 Å². The van der Waals surface area contributed by atoms with E-state index in [1.54, 1.807) is 17.5 Å². The van der Waals surface area contributed by atoms with Crippen LogP contribution >= 0.6 is 11.3 Å². The molecule has 3 rings (SSSR count). The van der Waals surface area contributed by atoms with Crippen LogP contribution in [0, 0.1) is 5.92 Å². The molecule has 0 spiro atoms. The summed E-state index contributed by atoms with van der Waals surface area (Å²) in [6, 6.07) is 10.8. The first-order valence-electron chi connectivity index (χ1n) is 7.19. The van der Waals surface area contributed by atoms with E-state index in [-0.39, 0.29) is 6.61 Å². The van der Waals surface area contributed by atoms with E-state index in [9.17, 15) is 0 Å². The second-order valence-electron chi connectivity index (χ2n) is 5.39. The molecule has 2 heterocycles. The van der Waals surface area contributed by atoms with Crippen LogP contribution in [-0.2, 0) is 13.0 Å². The van der Waals surface area contributed by atoms with E-state index in [0.717, 1.165) is 29.0 Å². The minimum Gasteiger partial charge on any atom is -0.391 e. The number of hydrogen-bond acceptors (Lipinski definition) is 4. The van der Waals surface area contributed by atoms with Crippen LogP contribution in [0.2, 0.25) is 0 Å². The number of aromatic nitrogens is 1. The molecule has 106 valence electrons. The Balaban J connectivity index is 1.54. The molecule has 4 heteroatoms. The first kappa shape index (κ1) is 13.6. The normalized spacial score (nSPS) is 16.6. The van der Waals surface area contributed by atoms with Gasteiger partial charge in [-0.1, -0.05) is 41.7 Å². The van der Waals surface area contributed by atoms with Crippen LogP contribution in [-0.4, -0.2) is 23.2 Å². The van der Waals surface area contributed by atoms with Crippen molar-refractivity contribution in [3.05, 3.63) is 47.0 Å². The quantitative estimate of drug-likeness (QED) is 0.939. The van der Waals surface area contributed by atoms with E-state index >= 15 is 0 Å². The highest BCUT2D eigenvalue weighted by atomic mass is 32.1. The summed E-state index contributed by atoms with van der Waals surface area (Å²) >= 11 is 1.61. The zero-order valence-electron chi connectivity index (χ0n) is 11.5. The molecule has 0 bridgehead atoms. The summed E-state index contributed by atoms with van der Waals surface area (Å²) in [5.74, 6) is 0.783. The molecule has 2 aromatic rings. The zero-order valence-corrected chi connectivity index (χ0v) is 12.4. The minimum atomic E-state index is 0.0993. The third kappa shape index (κ3) is 3.19. The van der Waals surface area contributed by atoms with Crippen molar-refractivity contribution >= 4 is 16.5 Å². The number of rotatable bonds is 4. The zero-order chi connectivity index (χ0) is 13.8. The number of aliphatic hydroxyl groups excluding tert-OH is 1. The smallest absolute Gasteiger partial charge is 0.185 e. The Morgan fingerprint density at radius 1 is 1.20 bits per heavy atom. The maximum atomic E-state index is 9.11. The molecule has 1 aliphatic rings. The molecule has 1 fully saturated rings. The second-order valence-corrected chi connectivity index (χ2v) is 6.48. The Labute approximate surface area is 123 Å². The van der Waals surface area contributed by atoms with Crippen LogP contribution in [0.4, 0.5) is 5.13 Å². The predicted octanol–water partition coefficient (Wildman–Crippen LogP) is 3.09. The minimum absolute atomic E-state index is 0.0993. The van der Waals surface area contributed by atoms with Gasteiger partial charge >= 0.3 is 0 Å². The molecule has 1 aromatic heterocycles. The summed E-state index contributed by atoms with van der Waals surface area (Å²) in [4.78, 5) is 7.71. The van der Waals surface area contributed by atoms with Crippen LogP contribution in [0.1, 0.15) is 23.3 Å². The van der Waals surface area contributed by atoms with E-state index in [1.165, 1.54) is 24.8 Å². The van der Waals surface area contributed by atoms with Crippen molar-refractivity contribution < 1.29 is 5.11 Å². The van der Waals surface area contributed by atoms with Gasteiger partial charge in [-0.2, -0.15) is 0 Å². The van der Waals surface area contributed by atoms with Gasteiger partial charge in [0.15, 0.2) is 5.13 Å². The highest BCUT2D eigenvalue weighted by Crippen LogP contribution is 2.28. The molecule has 20 heavy (non-hydrogen) atoms. The van der Waals surface area contributed by atoms with Gasteiger partial charge in [0.05, 0.1) is 11.5 Å². The third-order valence-corrected chi connectivity index (χ3v) is 4.99. The maximum Gasteiger partial charge on any atom is 0.185 e. The maximum absolute atomic E-state index is 9.11. The Morgan fingerprint density at radius 2 is 1.95 bits per heavy atom. The SMILES string of the molecule is OCc1cnc(N2CCC(Cc3ccccc3)CC2)s1. The molecule has 0 saturated carbocycles. The number of piperidine rings is 1. The Hall–Kier alpha value is -1.39. The van der Waals surface area contributed by atoms with Gasteiger partial charge in [-0.05, 0) is 30.7 Å². The lowest BCUT2D eigenvalue weighted by atomic mass is 9.90. The number of aliphatic hydroxyl groups is 1. The van der Waals surface area contributed by atoms with Gasteiger partial charge in [0.1, 0.15) is 0 Å². The second kappa shape index (κ2) is 6.37. The highest BCUT2D eigenvalue weighted by Gasteiger charge is 2.21. The molecule has 0 radical (unpaired) electrons. The van der Waals surface area contributed by atoms with Crippen molar-refractivity contribution in [3.63, 3.8) is 0 Å². The van der Waals surface area contributed by atoms with E-state index in [1.807, 2.05) is 0 Å². The standard InChI is InChI=1S/C16H20N2OS/c19-12-15-11-17-16(20-15)18-8-6-14(7-9-18)10-13-4-2-1-3-5-13/h1-5,11,14,19H,6-10,12H2. The van der Waals surface area contributed by atoms with E-state index in [4.69, 9.17) is 5.11 Å². The number of anilines is 1. The third-order valence-electron chi connectivity index (χ3n) is 3.95. The molecule has 0 atom stereocenters. The molecular formula is C16H20N2OS. The topological polar surface area (TPSA) is 36.4 Å². The van der Waals surface area contributed by atoms with Gasteiger partial charge < -0.3 is 10.0 Å². The lowest BCUT2D eigenvalue weighted by molar-refractivity contribution is 0.285. The van der Waals surface area contributed by atoms with Gasteiger partial charge in [-0.25, -0.2) is 4.98 Å². The molecule has 0 unspecified atom stereocenters. The van der Waals surface area contributed by atoms with Crippen LogP contribution in [0.25, 0.3) is 0 Å². The first-order valence-corrected chi connectivity index (χ1v) is 8.01. The number of benzene rings is 1. The van der Waals surface area contributed by atoms with Gasteiger partial charge in [0, 0.05) is 19.3 Å². The largest absolute Gasteiger partial charge is 0.391 e. The fourth-order valence-corrected chi connectivity index (χ4v) is 3.61. The van der Waals surface area contributed by atoms with Crippen LogP contribution in [0.5, 0.6) is 0 Å². The predicted molar refractivity (Wildman–Crippen MR) is 83.1 cm³/mol. The average Bonchev–Trinajstić information content (AvgIpc) is 2.98. The summed E-state index contributed by atoms with van der Waals surface area (Å²) in [5.41, 5.74) is 1.45. The van der Waals surface area contributed by atoms with Crippen molar-refractivity contribution in [1.29, 1.82) is 0 Å². The lowest BCUT2D eigenvalue weighted by Crippen LogP contribution is -2.34. The Bertz CT molecular complexity index is 532. The number of hydrogen-bond donors (Lipinski definition) is 1. The molecule has 1 N–H and O–H groups in total. The van der Waals surface area contributed by atoms with E-state index in [0.29, 0.717) is 0 Å².